The van der Waals surface area contributed by atoms with Gasteiger partial charge in [-0.15, -0.1) is 0 Å². The Morgan fingerprint density at radius 3 is 2.44 bits per heavy atom. The van der Waals surface area contributed by atoms with E-state index >= 15 is 0 Å². The number of hydrogen-bond donors (Lipinski definition) is 2. The fourth-order valence-corrected chi connectivity index (χ4v) is 3.83. The third-order valence-corrected chi connectivity index (χ3v) is 5.65. The quantitative estimate of drug-likeness (QED) is 0.300. The lowest BCUT2D eigenvalue weighted by molar-refractivity contribution is -0.139. The van der Waals surface area contributed by atoms with Crippen LogP contribution in [-0.4, -0.2) is 38.7 Å². The summed E-state index contributed by atoms with van der Waals surface area (Å²) in [5.41, 5.74) is 5.76. The number of halogens is 3. The molecule has 0 radical (unpaired) electrons. The molecule has 10 nitrogen and oxygen atoms in total. The van der Waals surface area contributed by atoms with Gasteiger partial charge in [-0.1, -0.05) is 29.4 Å². The molecule has 1 atom stereocenters. The number of nitrogens with two attached hydrogens (primary N) is 1. The van der Waals surface area contributed by atoms with Crippen molar-refractivity contribution in [3.05, 3.63) is 70.0 Å². The highest BCUT2D eigenvalue weighted by Gasteiger charge is 2.28. The van der Waals surface area contributed by atoms with Crippen LogP contribution in [0.15, 0.2) is 50.0 Å². The van der Waals surface area contributed by atoms with E-state index < -0.39 is 40.7 Å². The molecule has 0 spiro atoms. The molecular weight excluding hydrogens is 546 g/mol. The number of carbonyl (C=O) groups excluding carboxylic acids is 1. The van der Waals surface area contributed by atoms with Gasteiger partial charge in [-0.05, 0) is 28.1 Å². The van der Waals surface area contributed by atoms with Gasteiger partial charge in [0.2, 0.25) is 17.6 Å². The van der Waals surface area contributed by atoms with Crippen molar-refractivity contribution in [1.82, 2.24) is 15.1 Å². The zero-order valence-electron chi connectivity index (χ0n) is 18.5. The number of aryl methyl sites for hydroxylation is 1. The van der Waals surface area contributed by atoms with Crippen LogP contribution >= 0.6 is 15.9 Å². The number of carbonyl (C=O) groups is 2. The summed E-state index contributed by atoms with van der Waals surface area (Å²) in [5, 5.41) is 13.5. The van der Waals surface area contributed by atoms with E-state index in [1.165, 1.54) is 0 Å². The maximum absolute atomic E-state index is 14.3. The number of ether oxygens (including phenoxy) is 1. The van der Waals surface area contributed by atoms with Crippen LogP contribution in [0.5, 0.6) is 5.75 Å². The zero-order chi connectivity index (χ0) is 26.0. The Bertz CT molecular complexity index is 1440. The molecule has 2 aromatic heterocycles. The summed E-state index contributed by atoms with van der Waals surface area (Å²) in [7, 11) is 0. The second-order valence-electron chi connectivity index (χ2n) is 7.52. The SMILES string of the molecule is Cc1nc(-c2ccc(-c3nc(C(CCOc4ccc(F)c(C(N)=O)c4F)C(=O)O)oc3Br)cc2)no1. The maximum Gasteiger partial charge on any atom is 0.316 e. The van der Waals surface area contributed by atoms with E-state index in [1.807, 2.05) is 0 Å². The first kappa shape index (κ1) is 25.0. The molecule has 2 aromatic carbocycles. The Balaban J connectivity index is 1.50. The third kappa shape index (κ3) is 5.10. The fraction of sp³-hybridized carbons (Fsp3) is 0.174. The van der Waals surface area contributed by atoms with Crippen molar-refractivity contribution in [2.75, 3.05) is 6.61 Å². The Labute approximate surface area is 210 Å². The number of primary amides is 1. The van der Waals surface area contributed by atoms with Crippen molar-refractivity contribution in [3.63, 3.8) is 0 Å². The first-order valence-corrected chi connectivity index (χ1v) is 11.2. The van der Waals surface area contributed by atoms with E-state index in [0.29, 0.717) is 28.5 Å². The smallest absolute Gasteiger partial charge is 0.316 e. The van der Waals surface area contributed by atoms with Gasteiger partial charge in [-0.25, -0.2) is 13.8 Å². The van der Waals surface area contributed by atoms with Gasteiger partial charge in [0, 0.05) is 24.5 Å². The van der Waals surface area contributed by atoms with Crippen molar-refractivity contribution < 1.29 is 37.2 Å². The highest BCUT2D eigenvalue weighted by atomic mass is 79.9. The summed E-state index contributed by atoms with van der Waals surface area (Å²) in [6.45, 7) is 1.38. The number of amides is 1. The lowest BCUT2D eigenvalue weighted by Crippen LogP contribution is -2.18. The average molecular weight is 563 g/mol. The van der Waals surface area contributed by atoms with Crippen LogP contribution in [0.3, 0.4) is 0 Å². The van der Waals surface area contributed by atoms with Crippen LogP contribution in [0, 0.1) is 18.6 Å². The molecule has 13 heteroatoms. The second-order valence-corrected chi connectivity index (χ2v) is 8.24. The van der Waals surface area contributed by atoms with E-state index in [2.05, 4.69) is 31.1 Å². The van der Waals surface area contributed by atoms with Gasteiger partial charge in [0.1, 0.15) is 23.0 Å². The lowest BCUT2D eigenvalue weighted by Gasteiger charge is -2.12. The average Bonchev–Trinajstić information content (AvgIpc) is 3.43. The molecule has 0 bridgehead atoms. The molecule has 0 saturated heterocycles. The van der Waals surface area contributed by atoms with Crippen molar-refractivity contribution in [2.24, 2.45) is 5.73 Å². The maximum atomic E-state index is 14.3. The first-order valence-electron chi connectivity index (χ1n) is 10.4. The highest BCUT2D eigenvalue weighted by molar-refractivity contribution is 9.10. The molecule has 1 amide bonds. The summed E-state index contributed by atoms with van der Waals surface area (Å²) in [5.74, 6) is -5.89. The van der Waals surface area contributed by atoms with Gasteiger partial charge in [0.25, 0.3) is 5.91 Å². The number of aromatic nitrogens is 3. The standard InChI is InChI=1S/C23H17BrF2N4O6/c1-10-28-21(30-36-10)12-4-2-11(3-5-12)18-19(24)35-22(29-18)13(23(32)33)8-9-34-15-7-6-14(25)16(17(15)26)20(27)31/h2-7,13H,8-9H2,1H3,(H2,27,31)(H,32,33). The second kappa shape index (κ2) is 10.2. The molecule has 186 valence electrons. The van der Waals surface area contributed by atoms with E-state index in [4.69, 9.17) is 19.4 Å². The van der Waals surface area contributed by atoms with Crippen LogP contribution in [-0.2, 0) is 4.79 Å². The summed E-state index contributed by atoms with van der Waals surface area (Å²) in [4.78, 5) is 31.6. The summed E-state index contributed by atoms with van der Waals surface area (Å²) < 4.78 is 44.0. The summed E-state index contributed by atoms with van der Waals surface area (Å²) in [6.07, 6.45) is -0.166. The molecule has 0 aliphatic rings. The molecule has 0 saturated carbocycles. The van der Waals surface area contributed by atoms with Gasteiger partial charge >= 0.3 is 5.97 Å². The molecule has 0 fully saturated rings. The Kier molecular flexibility index (Phi) is 7.10. The van der Waals surface area contributed by atoms with Crippen molar-refractivity contribution in [3.8, 4) is 28.4 Å². The number of benzene rings is 2. The fourth-order valence-electron chi connectivity index (χ4n) is 3.35. The Morgan fingerprint density at radius 2 is 1.83 bits per heavy atom. The lowest BCUT2D eigenvalue weighted by atomic mass is 10.1. The number of nitrogens with zero attached hydrogens (tertiary/aromatic N) is 3. The largest absolute Gasteiger partial charge is 0.490 e. The van der Waals surface area contributed by atoms with Crippen LogP contribution < -0.4 is 10.5 Å². The normalized spacial score (nSPS) is 11.9. The number of rotatable bonds is 9. The van der Waals surface area contributed by atoms with Crippen LogP contribution in [0.1, 0.15) is 34.5 Å². The summed E-state index contributed by atoms with van der Waals surface area (Å²) in [6, 6.07) is 8.78. The molecule has 0 aliphatic heterocycles. The first-order chi connectivity index (χ1) is 17.2. The molecule has 1 unspecified atom stereocenters. The predicted octanol–water partition coefficient (Wildman–Crippen LogP) is 4.48. The third-order valence-electron chi connectivity index (χ3n) is 5.11. The number of aliphatic carboxylic acids is 1. The molecule has 36 heavy (non-hydrogen) atoms. The Hall–Kier alpha value is -4.13. The number of carboxylic acid groups (broad SMARTS) is 1. The topological polar surface area (TPSA) is 155 Å². The van der Waals surface area contributed by atoms with Gasteiger partial charge in [0.05, 0.1) is 6.61 Å². The predicted molar refractivity (Wildman–Crippen MR) is 123 cm³/mol. The van der Waals surface area contributed by atoms with Crippen molar-refractivity contribution in [2.45, 2.75) is 19.3 Å². The molecule has 3 N–H and O–H groups in total. The molecule has 4 aromatic rings. The number of carboxylic acids is 1. The van der Waals surface area contributed by atoms with E-state index in [0.717, 1.165) is 12.1 Å². The highest BCUT2D eigenvalue weighted by Crippen LogP contribution is 2.33. The minimum absolute atomic E-state index is 0.108. The van der Waals surface area contributed by atoms with Crippen molar-refractivity contribution in [1.29, 1.82) is 0 Å². The van der Waals surface area contributed by atoms with E-state index in [9.17, 15) is 23.5 Å². The Morgan fingerprint density at radius 1 is 1.14 bits per heavy atom. The molecule has 2 heterocycles. The van der Waals surface area contributed by atoms with Crippen LogP contribution in [0.4, 0.5) is 8.78 Å². The monoisotopic (exact) mass is 562 g/mol. The van der Waals surface area contributed by atoms with E-state index in [1.54, 1.807) is 31.2 Å². The zero-order valence-corrected chi connectivity index (χ0v) is 20.1. The van der Waals surface area contributed by atoms with Crippen LogP contribution in [0.25, 0.3) is 22.6 Å². The number of hydrogen-bond acceptors (Lipinski definition) is 8. The summed E-state index contributed by atoms with van der Waals surface area (Å²) >= 11 is 3.26. The van der Waals surface area contributed by atoms with Crippen molar-refractivity contribution >= 4 is 27.8 Å². The van der Waals surface area contributed by atoms with E-state index in [-0.39, 0.29) is 23.6 Å². The minimum atomic E-state index is -1.29. The molecule has 0 aliphatic carbocycles. The van der Waals surface area contributed by atoms with Crippen LogP contribution in [0.2, 0.25) is 0 Å². The van der Waals surface area contributed by atoms with Gasteiger partial charge in [-0.2, -0.15) is 4.98 Å². The van der Waals surface area contributed by atoms with Gasteiger partial charge < -0.3 is 24.5 Å². The minimum Gasteiger partial charge on any atom is -0.490 e. The van der Waals surface area contributed by atoms with Gasteiger partial charge in [-0.3, -0.25) is 9.59 Å². The molecular formula is C23H17BrF2N4O6. The number of oxazole rings is 1. The molecule has 4 rings (SSSR count). The van der Waals surface area contributed by atoms with Gasteiger partial charge in [0.15, 0.2) is 16.2 Å².